The third-order valence-electron chi connectivity index (χ3n) is 6.19. The largest absolute Gasteiger partial charge is 0.340 e. The maximum atomic E-state index is 12.5. The molecule has 1 amide bonds. The van der Waals surface area contributed by atoms with Gasteiger partial charge in [0.15, 0.2) is 0 Å². The van der Waals surface area contributed by atoms with Gasteiger partial charge in [-0.2, -0.15) is 5.26 Å². The van der Waals surface area contributed by atoms with Gasteiger partial charge in [-0.1, -0.05) is 51.4 Å². The Hall–Kier alpha value is -2.38. The van der Waals surface area contributed by atoms with Gasteiger partial charge in [0.2, 0.25) is 5.91 Å². The van der Waals surface area contributed by atoms with E-state index >= 15 is 0 Å². The lowest BCUT2D eigenvalue weighted by Crippen LogP contribution is -2.34. The average Bonchev–Trinajstić information content (AvgIpc) is 3.18. The summed E-state index contributed by atoms with van der Waals surface area (Å²) in [6.07, 6.45) is 2.74. The van der Waals surface area contributed by atoms with Gasteiger partial charge in [0.1, 0.15) is 11.9 Å². The zero-order valence-corrected chi connectivity index (χ0v) is 21.8. The summed E-state index contributed by atoms with van der Waals surface area (Å²) in [7, 11) is 0. The summed E-state index contributed by atoms with van der Waals surface area (Å²) in [6.45, 7) is 15.6. The number of carbonyl (C=O) groups is 1. The zero-order valence-electron chi connectivity index (χ0n) is 21.1. The van der Waals surface area contributed by atoms with Gasteiger partial charge in [-0.15, -0.1) is 0 Å². The zero-order chi connectivity index (χ0) is 25.1. The number of benzene rings is 2. The van der Waals surface area contributed by atoms with Gasteiger partial charge in [0, 0.05) is 19.0 Å². The molecule has 2 aromatic rings. The van der Waals surface area contributed by atoms with Crippen LogP contribution >= 0.6 is 11.6 Å². The molecule has 2 aromatic carbocycles. The van der Waals surface area contributed by atoms with Crippen molar-refractivity contribution in [3.05, 3.63) is 69.5 Å². The summed E-state index contributed by atoms with van der Waals surface area (Å²) >= 11 is 5.71. The SMILES string of the molecule is CCC(C)N1CC(C(C)C)CC1=O.CCc1cc(F)ccc1C.Cc1ccc(C#N)c(Cl)c1. The molecule has 5 heteroatoms. The van der Waals surface area contributed by atoms with Crippen LogP contribution in [0.2, 0.25) is 5.02 Å². The normalized spacial score (nSPS) is 15.8. The first-order chi connectivity index (χ1) is 15.5. The van der Waals surface area contributed by atoms with E-state index in [-0.39, 0.29) is 5.82 Å². The molecule has 1 fully saturated rings. The summed E-state index contributed by atoms with van der Waals surface area (Å²) in [5.74, 6) is 1.44. The molecular weight excluding hydrogens is 435 g/mol. The summed E-state index contributed by atoms with van der Waals surface area (Å²) in [5.41, 5.74) is 3.88. The van der Waals surface area contributed by atoms with E-state index in [4.69, 9.17) is 16.9 Å². The van der Waals surface area contributed by atoms with Crippen LogP contribution in [0.4, 0.5) is 4.39 Å². The Labute approximate surface area is 204 Å². The van der Waals surface area contributed by atoms with Crippen LogP contribution in [0.5, 0.6) is 0 Å². The molecule has 0 saturated carbocycles. The number of halogens is 2. The van der Waals surface area contributed by atoms with E-state index in [2.05, 4.69) is 27.7 Å². The van der Waals surface area contributed by atoms with Crippen LogP contribution in [-0.4, -0.2) is 23.4 Å². The fraction of sp³-hybridized carbons (Fsp3) is 0.500. The molecule has 3 rings (SSSR count). The molecule has 1 aliphatic rings. The Morgan fingerprint density at radius 2 is 1.82 bits per heavy atom. The topological polar surface area (TPSA) is 44.1 Å². The van der Waals surface area contributed by atoms with Crippen molar-refractivity contribution in [2.24, 2.45) is 11.8 Å². The Bertz CT molecular complexity index is 942. The van der Waals surface area contributed by atoms with Crippen molar-refractivity contribution in [1.29, 1.82) is 5.26 Å². The van der Waals surface area contributed by atoms with Crippen molar-refractivity contribution in [3.63, 3.8) is 0 Å². The van der Waals surface area contributed by atoms with E-state index in [1.54, 1.807) is 18.2 Å². The van der Waals surface area contributed by atoms with E-state index in [9.17, 15) is 9.18 Å². The lowest BCUT2D eigenvalue weighted by molar-refractivity contribution is -0.129. The number of nitrogens with zero attached hydrogens (tertiary/aromatic N) is 2. The molecular formula is C28H38ClFN2O. The highest BCUT2D eigenvalue weighted by Gasteiger charge is 2.33. The molecule has 1 heterocycles. The molecule has 0 spiro atoms. The summed E-state index contributed by atoms with van der Waals surface area (Å²) in [4.78, 5) is 13.7. The van der Waals surface area contributed by atoms with Gasteiger partial charge in [-0.05, 0) is 86.4 Å². The number of nitriles is 1. The average molecular weight is 473 g/mol. The number of rotatable bonds is 4. The van der Waals surface area contributed by atoms with Crippen molar-refractivity contribution in [2.45, 2.75) is 73.8 Å². The molecule has 1 saturated heterocycles. The first-order valence-electron chi connectivity index (χ1n) is 11.7. The molecule has 2 atom stereocenters. The highest BCUT2D eigenvalue weighted by molar-refractivity contribution is 6.31. The predicted molar refractivity (Wildman–Crippen MR) is 136 cm³/mol. The molecule has 0 radical (unpaired) electrons. The van der Waals surface area contributed by atoms with Gasteiger partial charge in [-0.3, -0.25) is 4.79 Å². The summed E-state index contributed by atoms with van der Waals surface area (Å²) < 4.78 is 12.5. The number of hydrogen-bond acceptors (Lipinski definition) is 2. The fourth-order valence-electron chi connectivity index (χ4n) is 3.58. The molecule has 0 N–H and O–H groups in total. The highest BCUT2D eigenvalue weighted by Crippen LogP contribution is 2.26. The molecule has 0 aliphatic carbocycles. The monoisotopic (exact) mass is 472 g/mol. The Morgan fingerprint density at radius 1 is 1.15 bits per heavy atom. The lowest BCUT2D eigenvalue weighted by Gasteiger charge is -2.24. The third-order valence-corrected chi connectivity index (χ3v) is 6.50. The molecule has 33 heavy (non-hydrogen) atoms. The Morgan fingerprint density at radius 3 is 2.27 bits per heavy atom. The number of aryl methyl sites for hydroxylation is 3. The van der Waals surface area contributed by atoms with Crippen LogP contribution in [0.25, 0.3) is 0 Å². The highest BCUT2D eigenvalue weighted by atomic mass is 35.5. The molecule has 0 aromatic heterocycles. The second kappa shape index (κ2) is 14.0. The molecule has 1 aliphatic heterocycles. The Balaban J connectivity index is 0.000000251. The molecule has 3 nitrogen and oxygen atoms in total. The fourth-order valence-corrected chi connectivity index (χ4v) is 3.86. The minimum absolute atomic E-state index is 0.137. The minimum Gasteiger partial charge on any atom is -0.340 e. The maximum Gasteiger partial charge on any atom is 0.223 e. The van der Waals surface area contributed by atoms with Crippen molar-refractivity contribution >= 4 is 17.5 Å². The first-order valence-corrected chi connectivity index (χ1v) is 12.1. The van der Waals surface area contributed by atoms with Crippen LogP contribution in [0.1, 0.15) is 69.7 Å². The second-order valence-corrected chi connectivity index (χ2v) is 9.44. The predicted octanol–water partition coefficient (Wildman–Crippen LogP) is 7.51. The second-order valence-electron chi connectivity index (χ2n) is 9.03. The lowest BCUT2D eigenvalue weighted by atomic mass is 9.95. The van der Waals surface area contributed by atoms with Crippen LogP contribution < -0.4 is 0 Å². The van der Waals surface area contributed by atoms with Crippen molar-refractivity contribution in [3.8, 4) is 6.07 Å². The summed E-state index contributed by atoms with van der Waals surface area (Å²) in [5, 5.41) is 9.00. The summed E-state index contributed by atoms with van der Waals surface area (Å²) in [6, 6.07) is 12.7. The van der Waals surface area contributed by atoms with Crippen molar-refractivity contribution in [2.75, 3.05) is 6.54 Å². The van der Waals surface area contributed by atoms with Crippen LogP contribution in [0.15, 0.2) is 36.4 Å². The van der Waals surface area contributed by atoms with Crippen molar-refractivity contribution in [1.82, 2.24) is 4.90 Å². The number of likely N-dealkylation sites (tertiary alicyclic amines) is 1. The molecule has 180 valence electrons. The van der Waals surface area contributed by atoms with Gasteiger partial charge in [-0.25, -0.2) is 4.39 Å². The maximum absolute atomic E-state index is 12.5. The van der Waals surface area contributed by atoms with E-state index < -0.39 is 0 Å². The molecule has 2 unspecified atom stereocenters. The minimum atomic E-state index is -0.137. The quantitative estimate of drug-likeness (QED) is 0.462. The van der Waals surface area contributed by atoms with Gasteiger partial charge < -0.3 is 4.90 Å². The first kappa shape index (κ1) is 28.7. The van der Waals surface area contributed by atoms with E-state index in [0.717, 1.165) is 36.9 Å². The van der Waals surface area contributed by atoms with E-state index in [1.807, 2.05) is 43.9 Å². The van der Waals surface area contributed by atoms with Gasteiger partial charge in [0.05, 0.1) is 10.6 Å². The van der Waals surface area contributed by atoms with Crippen LogP contribution in [-0.2, 0) is 11.2 Å². The van der Waals surface area contributed by atoms with Crippen LogP contribution in [0, 0.1) is 42.8 Å². The standard InChI is InChI=1S/C11H21NO.C9H11F.C8H6ClN/c1-5-9(4)12-7-10(8(2)3)6-11(12)13;1-3-8-6-9(10)5-4-7(8)2;1-6-2-3-7(5-10)8(9)4-6/h8-10H,5-7H2,1-4H3;4-6H,3H2,1-2H3;2-4H,1H3. The smallest absolute Gasteiger partial charge is 0.223 e. The van der Waals surface area contributed by atoms with Crippen LogP contribution in [0.3, 0.4) is 0 Å². The number of carbonyl (C=O) groups excluding carboxylic acids is 1. The van der Waals surface area contributed by atoms with Gasteiger partial charge in [0.25, 0.3) is 0 Å². The third kappa shape index (κ3) is 9.18. The van der Waals surface area contributed by atoms with Crippen molar-refractivity contribution < 1.29 is 9.18 Å². The Kier molecular flexibility index (Phi) is 12.2. The van der Waals surface area contributed by atoms with E-state index in [1.165, 1.54) is 11.6 Å². The van der Waals surface area contributed by atoms with Gasteiger partial charge >= 0.3 is 0 Å². The number of amides is 1. The number of hydrogen-bond donors (Lipinski definition) is 0. The van der Waals surface area contributed by atoms with E-state index in [0.29, 0.717) is 34.4 Å². The molecule has 0 bridgehead atoms.